The SMILES string of the molecule is Cc1cc(C)c2c(c1)-c1cc(C)nn1C(c1sccc1C)N2. The lowest BCUT2D eigenvalue weighted by Crippen LogP contribution is -2.26. The standard InChI is InChI=1S/C18H19N3S/c1-10-7-12(3)16-14(8-10)15-9-13(4)20-21(15)18(19-16)17-11(2)5-6-22-17/h5-9,18-19H,1-4H3. The molecule has 0 saturated heterocycles. The smallest absolute Gasteiger partial charge is 0.156 e. The number of hydrogen-bond donors (Lipinski definition) is 1. The number of nitrogens with zero attached hydrogens (tertiary/aromatic N) is 2. The lowest BCUT2D eigenvalue weighted by Gasteiger charge is -2.30. The predicted molar refractivity (Wildman–Crippen MR) is 92.7 cm³/mol. The molecule has 0 amide bonds. The van der Waals surface area contributed by atoms with E-state index < -0.39 is 0 Å². The van der Waals surface area contributed by atoms with Crippen molar-refractivity contribution in [1.29, 1.82) is 0 Å². The van der Waals surface area contributed by atoms with Crippen molar-refractivity contribution in [2.75, 3.05) is 5.32 Å². The lowest BCUT2D eigenvalue weighted by atomic mass is 9.99. The molecule has 4 rings (SSSR count). The van der Waals surface area contributed by atoms with Crippen LogP contribution in [0.5, 0.6) is 0 Å². The van der Waals surface area contributed by atoms with E-state index in [0.29, 0.717) is 0 Å². The average molecular weight is 309 g/mol. The van der Waals surface area contributed by atoms with Gasteiger partial charge < -0.3 is 5.32 Å². The van der Waals surface area contributed by atoms with E-state index in [1.165, 1.54) is 38.5 Å². The van der Waals surface area contributed by atoms with Crippen LogP contribution in [-0.4, -0.2) is 9.78 Å². The van der Waals surface area contributed by atoms with Gasteiger partial charge in [0.1, 0.15) is 0 Å². The molecule has 1 aliphatic heterocycles. The fourth-order valence-corrected chi connectivity index (χ4v) is 4.28. The van der Waals surface area contributed by atoms with Crippen LogP contribution in [0.1, 0.15) is 33.4 Å². The Morgan fingerprint density at radius 1 is 1.09 bits per heavy atom. The van der Waals surface area contributed by atoms with Crippen LogP contribution < -0.4 is 5.32 Å². The molecule has 0 spiro atoms. The quantitative estimate of drug-likeness (QED) is 0.698. The number of benzene rings is 1. The van der Waals surface area contributed by atoms with Crippen molar-refractivity contribution in [2.24, 2.45) is 0 Å². The van der Waals surface area contributed by atoms with Gasteiger partial charge in [-0.15, -0.1) is 11.3 Å². The van der Waals surface area contributed by atoms with Gasteiger partial charge in [-0.2, -0.15) is 5.10 Å². The largest absolute Gasteiger partial charge is 0.359 e. The molecule has 4 heteroatoms. The van der Waals surface area contributed by atoms with Crippen LogP contribution in [0.4, 0.5) is 5.69 Å². The van der Waals surface area contributed by atoms with Crippen LogP contribution in [0.15, 0.2) is 29.6 Å². The molecular formula is C18H19N3S. The van der Waals surface area contributed by atoms with Crippen molar-refractivity contribution in [2.45, 2.75) is 33.9 Å². The summed E-state index contributed by atoms with van der Waals surface area (Å²) >= 11 is 1.79. The Labute approximate surface area is 134 Å². The van der Waals surface area contributed by atoms with Gasteiger partial charge in [-0.05, 0) is 62.4 Å². The number of rotatable bonds is 1. The second-order valence-corrected chi connectivity index (χ2v) is 7.08. The minimum Gasteiger partial charge on any atom is -0.359 e. The highest BCUT2D eigenvalue weighted by molar-refractivity contribution is 7.10. The molecule has 0 saturated carbocycles. The number of hydrogen-bond acceptors (Lipinski definition) is 3. The van der Waals surface area contributed by atoms with Gasteiger partial charge in [0.25, 0.3) is 0 Å². The van der Waals surface area contributed by atoms with Gasteiger partial charge in [0.05, 0.1) is 16.3 Å². The minimum atomic E-state index is 0.0811. The summed E-state index contributed by atoms with van der Waals surface area (Å²) in [6, 6.07) is 8.85. The van der Waals surface area contributed by atoms with Gasteiger partial charge in [0.15, 0.2) is 6.17 Å². The summed E-state index contributed by atoms with van der Waals surface area (Å²) in [7, 11) is 0. The first-order valence-corrected chi connectivity index (χ1v) is 8.41. The monoisotopic (exact) mass is 309 g/mol. The number of aromatic nitrogens is 2. The van der Waals surface area contributed by atoms with E-state index in [4.69, 9.17) is 5.10 Å². The number of fused-ring (bicyclic) bond motifs is 3. The van der Waals surface area contributed by atoms with E-state index in [-0.39, 0.29) is 6.17 Å². The highest BCUT2D eigenvalue weighted by Gasteiger charge is 2.29. The van der Waals surface area contributed by atoms with E-state index >= 15 is 0 Å². The first-order valence-electron chi connectivity index (χ1n) is 7.53. The molecule has 0 bridgehead atoms. The molecule has 0 radical (unpaired) electrons. The second-order valence-electron chi connectivity index (χ2n) is 6.13. The van der Waals surface area contributed by atoms with Gasteiger partial charge in [0.2, 0.25) is 0 Å². The molecule has 2 aromatic heterocycles. The average Bonchev–Trinajstić information content (AvgIpc) is 3.04. The topological polar surface area (TPSA) is 29.9 Å². The van der Waals surface area contributed by atoms with Crippen LogP contribution in [0.2, 0.25) is 0 Å². The molecule has 1 aliphatic rings. The van der Waals surface area contributed by atoms with Crippen molar-refractivity contribution in [1.82, 2.24) is 9.78 Å². The molecule has 22 heavy (non-hydrogen) atoms. The first-order chi connectivity index (χ1) is 10.5. The van der Waals surface area contributed by atoms with Gasteiger partial charge in [-0.25, -0.2) is 4.68 Å². The maximum absolute atomic E-state index is 4.75. The molecule has 1 aromatic carbocycles. The second kappa shape index (κ2) is 4.71. The minimum absolute atomic E-state index is 0.0811. The zero-order valence-corrected chi connectivity index (χ0v) is 14.1. The first kappa shape index (κ1) is 13.6. The maximum Gasteiger partial charge on any atom is 0.156 e. The summed E-state index contributed by atoms with van der Waals surface area (Å²) in [6.45, 7) is 8.56. The molecule has 1 unspecified atom stereocenters. The Bertz CT molecular complexity index is 873. The Hall–Kier alpha value is -2.07. The highest BCUT2D eigenvalue weighted by atomic mass is 32.1. The van der Waals surface area contributed by atoms with Crippen molar-refractivity contribution in [3.8, 4) is 11.3 Å². The Morgan fingerprint density at radius 3 is 2.64 bits per heavy atom. The van der Waals surface area contributed by atoms with Gasteiger partial charge in [-0.3, -0.25) is 0 Å². The third-order valence-electron chi connectivity index (χ3n) is 4.29. The van der Waals surface area contributed by atoms with Gasteiger partial charge >= 0.3 is 0 Å². The van der Waals surface area contributed by atoms with Crippen LogP contribution >= 0.6 is 11.3 Å². The van der Waals surface area contributed by atoms with Crippen molar-refractivity contribution < 1.29 is 0 Å². The molecule has 1 atom stereocenters. The third kappa shape index (κ3) is 1.91. The van der Waals surface area contributed by atoms with Crippen LogP contribution in [0, 0.1) is 27.7 Å². The normalized spacial score (nSPS) is 16.1. The van der Waals surface area contributed by atoms with Crippen molar-refractivity contribution in [3.63, 3.8) is 0 Å². The number of aryl methyl sites for hydroxylation is 4. The van der Waals surface area contributed by atoms with Crippen molar-refractivity contribution >= 4 is 17.0 Å². The van der Waals surface area contributed by atoms with Gasteiger partial charge in [0, 0.05) is 11.3 Å². The Kier molecular flexibility index (Phi) is 2.91. The molecule has 3 nitrogen and oxygen atoms in total. The summed E-state index contributed by atoms with van der Waals surface area (Å²) in [5.41, 5.74) is 8.64. The van der Waals surface area contributed by atoms with Crippen LogP contribution in [0.25, 0.3) is 11.3 Å². The highest BCUT2D eigenvalue weighted by Crippen LogP contribution is 2.42. The van der Waals surface area contributed by atoms with Crippen LogP contribution in [0.3, 0.4) is 0 Å². The number of nitrogens with one attached hydrogen (secondary N) is 1. The third-order valence-corrected chi connectivity index (χ3v) is 5.36. The molecule has 3 heterocycles. The Morgan fingerprint density at radius 2 is 1.91 bits per heavy atom. The molecule has 112 valence electrons. The number of thiophene rings is 1. The zero-order valence-electron chi connectivity index (χ0n) is 13.3. The van der Waals surface area contributed by atoms with E-state index in [9.17, 15) is 0 Å². The fourth-order valence-electron chi connectivity index (χ4n) is 3.31. The van der Waals surface area contributed by atoms with Crippen molar-refractivity contribution in [3.05, 3.63) is 56.9 Å². The van der Waals surface area contributed by atoms with Crippen LogP contribution in [-0.2, 0) is 0 Å². The lowest BCUT2D eigenvalue weighted by molar-refractivity contribution is 0.576. The number of anilines is 1. The van der Waals surface area contributed by atoms with Gasteiger partial charge in [-0.1, -0.05) is 11.6 Å². The molecule has 0 aliphatic carbocycles. The maximum atomic E-state index is 4.75. The summed E-state index contributed by atoms with van der Waals surface area (Å²) in [6.07, 6.45) is 0.0811. The Balaban J connectivity index is 1.98. The fraction of sp³-hybridized carbons (Fsp3) is 0.278. The summed E-state index contributed by atoms with van der Waals surface area (Å²) in [5.74, 6) is 0. The summed E-state index contributed by atoms with van der Waals surface area (Å²) < 4.78 is 2.13. The molecular weight excluding hydrogens is 290 g/mol. The van der Waals surface area contributed by atoms with E-state index in [2.05, 4.69) is 67.3 Å². The predicted octanol–water partition coefficient (Wildman–Crippen LogP) is 4.82. The molecule has 1 N–H and O–H groups in total. The van der Waals surface area contributed by atoms with E-state index in [0.717, 1.165) is 5.69 Å². The molecule has 0 fully saturated rings. The van der Waals surface area contributed by atoms with E-state index in [1.807, 2.05) is 0 Å². The zero-order chi connectivity index (χ0) is 15.4. The van der Waals surface area contributed by atoms with E-state index in [1.54, 1.807) is 11.3 Å². The summed E-state index contributed by atoms with van der Waals surface area (Å²) in [5, 5.41) is 10.6. The molecule has 3 aromatic rings. The summed E-state index contributed by atoms with van der Waals surface area (Å²) in [4.78, 5) is 1.33.